The third-order valence-electron chi connectivity index (χ3n) is 11.1. The van der Waals surface area contributed by atoms with Gasteiger partial charge in [0.05, 0.1) is 16.8 Å². The first kappa shape index (κ1) is 40.0. The van der Waals surface area contributed by atoms with Crippen LogP contribution in [0.5, 0.6) is 0 Å². The van der Waals surface area contributed by atoms with Crippen LogP contribution in [0, 0.1) is 0 Å². The zero-order chi connectivity index (χ0) is 42.0. The van der Waals surface area contributed by atoms with Gasteiger partial charge in [-0.25, -0.2) is 9.97 Å². The van der Waals surface area contributed by atoms with Gasteiger partial charge in [0.2, 0.25) is 0 Å². The normalized spacial score (nSPS) is 14.0. The van der Waals surface area contributed by atoms with Gasteiger partial charge >= 0.3 is 0 Å². The molecule has 8 aromatic rings. The number of aromatic nitrogens is 3. The predicted octanol–water partition coefficient (Wildman–Crippen LogP) is 14.8. The number of fused-ring (bicyclic) bond motifs is 3. The van der Waals surface area contributed by atoms with Crippen LogP contribution in [-0.4, -0.2) is 15.0 Å². The van der Waals surface area contributed by atoms with Gasteiger partial charge in [-0.3, -0.25) is 4.98 Å². The first-order valence-corrected chi connectivity index (χ1v) is 20.7. The third kappa shape index (κ3) is 7.90. The van der Waals surface area contributed by atoms with Crippen LogP contribution in [0.25, 0.3) is 61.6 Å². The Bertz CT molecular complexity index is 2850. The molecule has 0 amide bonds. The SMILES string of the molecule is C=C/C=C(\C=C)c1cc(-c2ccccc2)nc(-c2cccc(-c3cccc(-c4cccc5c4-c4ccccc4C5(c4ccccc4)c4ccncc4)c3)c2)n1.C=C/C=C\CC. The van der Waals surface area contributed by atoms with Crippen molar-refractivity contribution in [2.45, 2.75) is 18.8 Å². The van der Waals surface area contributed by atoms with Crippen molar-refractivity contribution in [2.75, 3.05) is 0 Å². The number of hydrogen-bond donors (Lipinski definition) is 0. The molecule has 0 N–H and O–H groups in total. The number of pyridine rings is 1. The highest BCUT2D eigenvalue weighted by Gasteiger charge is 2.46. The van der Waals surface area contributed by atoms with Crippen molar-refractivity contribution in [3.8, 4) is 56.0 Å². The molecule has 1 aliphatic carbocycles. The largest absolute Gasteiger partial charge is 0.265 e. The molecule has 0 saturated heterocycles. The highest BCUT2D eigenvalue weighted by atomic mass is 14.9. The van der Waals surface area contributed by atoms with E-state index in [9.17, 15) is 0 Å². The van der Waals surface area contributed by atoms with Crippen LogP contribution >= 0.6 is 0 Å². The molecule has 0 radical (unpaired) electrons. The molecule has 61 heavy (non-hydrogen) atoms. The summed E-state index contributed by atoms with van der Waals surface area (Å²) in [4.78, 5) is 14.5. The molecule has 0 bridgehead atoms. The van der Waals surface area contributed by atoms with E-state index in [0.717, 1.165) is 51.2 Å². The minimum Gasteiger partial charge on any atom is -0.265 e. The zero-order valence-electron chi connectivity index (χ0n) is 34.5. The molecular weight excluding hydrogens is 739 g/mol. The van der Waals surface area contributed by atoms with Crippen LogP contribution < -0.4 is 0 Å². The minimum atomic E-state index is -0.489. The number of hydrogen-bond acceptors (Lipinski definition) is 3. The summed E-state index contributed by atoms with van der Waals surface area (Å²) in [6.45, 7) is 13.6. The predicted molar refractivity (Wildman–Crippen MR) is 257 cm³/mol. The molecule has 2 aromatic heterocycles. The topological polar surface area (TPSA) is 38.7 Å². The van der Waals surface area contributed by atoms with Crippen LogP contribution in [0.4, 0.5) is 0 Å². The van der Waals surface area contributed by atoms with E-state index in [2.05, 4.69) is 183 Å². The Labute approximate surface area is 360 Å². The quantitative estimate of drug-likeness (QED) is 0.123. The molecule has 9 rings (SSSR count). The summed E-state index contributed by atoms with van der Waals surface area (Å²) in [5.74, 6) is 0.650. The van der Waals surface area contributed by atoms with E-state index in [1.54, 1.807) is 12.2 Å². The van der Waals surface area contributed by atoms with Crippen molar-refractivity contribution in [2.24, 2.45) is 0 Å². The summed E-state index contributed by atoms with van der Waals surface area (Å²) in [7, 11) is 0. The Kier molecular flexibility index (Phi) is 12.1. The van der Waals surface area contributed by atoms with Crippen molar-refractivity contribution in [3.05, 3.63) is 266 Å². The summed E-state index contributed by atoms with van der Waals surface area (Å²) in [5.41, 5.74) is 16.0. The van der Waals surface area contributed by atoms with Gasteiger partial charge in [0, 0.05) is 23.5 Å². The number of allylic oxidation sites excluding steroid dienone is 7. The number of benzene rings is 6. The molecule has 3 heteroatoms. The average Bonchev–Trinajstić information content (AvgIpc) is 3.65. The fourth-order valence-electron chi connectivity index (χ4n) is 8.45. The van der Waals surface area contributed by atoms with Gasteiger partial charge in [-0.15, -0.1) is 0 Å². The molecule has 294 valence electrons. The van der Waals surface area contributed by atoms with Crippen LogP contribution in [0.3, 0.4) is 0 Å². The van der Waals surface area contributed by atoms with Gasteiger partial charge in [-0.1, -0.05) is 203 Å². The van der Waals surface area contributed by atoms with Crippen molar-refractivity contribution >= 4 is 5.57 Å². The zero-order valence-corrected chi connectivity index (χ0v) is 34.5. The van der Waals surface area contributed by atoms with Crippen LogP contribution in [0.15, 0.2) is 238 Å². The van der Waals surface area contributed by atoms with Crippen molar-refractivity contribution in [3.63, 3.8) is 0 Å². The maximum Gasteiger partial charge on any atom is 0.160 e. The standard InChI is InChI=1S/C52H37N3.C6H10/c1-3-16-36(4-2)48-35-49(37-17-7-5-8-18-37)55-51(54-48)41-22-14-20-39(34-41)38-19-13-21-40(33-38)44-26-15-28-47-50(44)45-25-11-12-27-46(45)52(47,42-23-9-6-10-24-42)43-29-31-53-32-30-43;1-3-5-6-4-2/h3-35H,1-2H2;3,5-6H,1,4H2,2H3/b36-16+;6-5-. The summed E-state index contributed by atoms with van der Waals surface area (Å²) >= 11 is 0. The van der Waals surface area contributed by atoms with E-state index < -0.39 is 5.41 Å². The Balaban J connectivity index is 0.000000800. The lowest BCUT2D eigenvalue weighted by Crippen LogP contribution is -2.28. The van der Waals surface area contributed by atoms with Crippen molar-refractivity contribution in [1.29, 1.82) is 0 Å². The molecule has 0 aliphatic heterocycles. The highest BCUT2D eigenvalue weighted by molar-refractivity contribution is 5.96. The smallest absolute Gasteiger partial charge is 0.160 e. The average molecular weight is 786 g/mol. The van der Waals surface area contributed by atoms with Gasteiger partial charge in [-0.05, 0) is 98.0 Å². The van der Waals surface area contributed by atoms with Gasteiger partial charge in [0.25, 0.3) is 0 Å². The summed E-state index contributed by atoms with van der Waals surface area (Å²) in [6, 6.07) is 60.5. The van der Waals surface area contributed by atoms with Gasteiger partial charge in [0.1, 0.15) is 0 Å². The summed E-state index contributed by atoms with van der Waals surface area (Å²) < 4.78 is 0. The van der Waals surface area contributed by atoms with Crippen molar-refractivity contribution in [1.82, 2.24) is 15.0 Å². The van der Waals surface area contributed by atoms with Crippen LogP contribution in [-0.2, 0) is 5.41 Å². The van der Waals surface area contributed by atoms with E-state index in [1.165, 1.54) is 38.9 Å². The molecule has 0 fully saturated rings. The Morgan fingerprint density at radius 1 is 0.541 bits per heavy atom. The van der Waals surface area contributed by atoms with E-state index >= 15 is 0 Å². The third-order valence-corrected chi connectivity index (χ3v) is 11.1. The Hall–Kier alpha value is -7.75. The Morgan fingerprint density at radius 3 is 1.82 bits per heavy atom. The second-order valence-electron chi connectivity index (χ2n) is 14.7. The maximum absolute atomic E-state index is 5.07. The van der Waals surface area contributed by atoms with Gasteiger partial charge in [-0.2, -0.15) is 0 Å². The molecule has 0 saturated carbocycles. The lowest BCUT2D eigenvalue weighted by molar-refractivity contribution is 0.766. The highest BCUT2D eigenvalue weighted by Crippen LogP contribution is 2.58. The molecule has 0 spiro atoms. The monoisotopic (exact) mass is 785 g/mol. The second kappa shape index (κ2) is 18.4. The van der Waals surface area contributed by atoms with Gasteiger partial charge in [0.15, 0.2) is 5.82 Å². The number of rotatable bonds is 11. The van der Waals surface area contributed by atoms with Crippen LogP contribution in [0.2, 0.25) is 0 Å². The lowest BCUT2D eigenvalue weighted by atomic mass is 9.68. The second-order valence-corrected chi connectivity index (χ2v) is 14.7. The molecular formula is C58H47N3. The lowest BCUT2D eigenvalue weighted by Gasteiger charge is -2.33. The molecule has 2 heterocycles. The molecule has 6 aromatic carbocycles. The summed E-state index contributed by atoms with van der Waals surface area (Å²) in [6.07, 6.45) is 16.2. The van der Waals surface area contributed by atoms with Crippen LogP contribution in [0.1, 0.15) is 41.3 Å². The fraction of sp³-hybridized carbons (Fsp3) is 0.0517. The van der Waals surface area contributed by atoms with E-state index in [4.69, 9.17) is 9.97 Å². The first-order chi connectivity index (χ1) is 30.1. The van der Waals surface area contributed by atoms with Gasteiger partial charge < -0.3 is 0 Å². The Morgan fingerprint density at radius 2 is 1.13 bits per heavy atom. The van der Waals surface area contributed by atoms with E-state index in [0.29, 0.717) is 5.82 Å². The first-order valence-electron chi connectivity index (χ1n) is 20.7. The van der Waals surface area contributed by atoms with E-state index in [-0.39, 0.29) is 0 Å². The maximum atomic E-state index is 5.07. The minimum absolute atomic E-state index is 0.489. The molecule has 3 nitrogen and oxygen atoms in total. The molecule has 1 atom stereocenters. The van der Waals surface area contributed by atoms with E-state index in [1.807, 2.05) is 54.9 Å². The fourth-order valence-corrected chi connectivity index (χ4v) is 8.45. The summed E-state index contributed by atoms with van der Waals surface area (Å²) in [5, 5.41) is 0. The number of nitrogens with zero attached hydrogens (tertiary/aromatic N) is 3. The molecule has 1 aliphatic rings. The van der Waals surface area contributed by atoms with Crippen molar-refractivity contribution < 1.29 is 0 Å². The molecule has 1 unspecified atom stereocenters.